The number of nitrogens with zero attached hydrogens (tertiary/aromatic N) is 1. The van der Waals surface area contributed by atoms with Crippen molar-refractivity contribution >= 4 is 17.7 Å². The van der Waals surface area contributed by atoms with E-state index >= 15 is 0 Å². The highest BCUT2D eigenvalue weighted by molar-refractivity contribution is 7.99. The van der Waals surface area contributed by atoms with Crippen molar-refractivity contribution in [2.75, 3.05) is 44.8 Å². The average Bonchev–Trinajstić information content (AvgIpc) is 2.38. The molecule has 104 valence electrons. The van der Waals surface area contributed by atoms with Crippen LogP contribution in [0.3, 0.4) is 0 Å². The van der Waals surface area contributed by atoms with Crippen molar-refractivity contribution in [2.24, 2.45) is 5.41 Å². The van der Waals surface area contributed by atoms with Gasteiger partial charge in [-0.3, -0.25) is 4.90 Å². The van der Waals surface area contributed by atoms with Crippen LogP contribution < -0.4 is 5.32 Å². The van der Waals surface area contributed by atoms with Gasteiger partial charge in [0.2, 0.25) is 0 Å². The third kappa shape index (κ3) is 2.17. The van der Waals surface area contributed by atoms with E-state index in [1.54, 1.807) is 0 Å². The van der Waals surface area contributed by atoms with Crippen LogP contribution in [-0.2, 0) is 9.53 Å². The Morgan fingerprint density at radius 3 is 2.56 bits per heavy atom. The molecule has 4 nitrogen and oxygen atoms in total. The lowest BCUT2D eigenvalue weighted by Gasteiger charge is -2.54. The zero-order valence-electron chi connectivity index (χ0n) is 11.6. The molecule has 1 N–H and O–H groups in total. The molecule has 2 saturated heterocycles. The Balaban J connectivity index is 2.34. The van der Waals surface area contributed by atoms with Gasteiger partial charge < -0.3 is 10.1 Å². The van der Waals surface area contributed by atoms with Crippen molar-refractivity contribution < 1.29 is 9.53 Å². The first-order chi connectivity index (χ1) is 8.54. The minimum absolute atomic E-state index is 0.0251. The van der Waals surface area contributed by atoms with Crippen molar-refractivity contribution in [3.8, 4) is 0 Å². The van der Waals surface area contributed by atoms with Crippen LogP contribution in [0.25, 0.3) is 0 Å². The number of ether oxygens (including phenoxy) is 1. The average molecular weight is 272 g/mol. The Morgan fingerprint density at radius 2 is 2.00 bits per heavy atom. The van der Waals surface area contributed by atoms with Crippen LogP contribution in [0, 0.1) is 5.41 Å². The van der Waals surface area contributed by atoms with Gasteiger partial charge >= 0.3 is 5.97 Å². The highest BCUT2D eigenvalue weighted by atomic mass is 32.2. The van der Waals surface area contributed by atoms with Gasteiger partial charge in [-0.1, -0.05) is 13.8 Å². The van der Waals surface area contributed by atoms with Crippen molar-refractivity contribution in [1.82, 2.24) is 10.2 Å². The van der Waals surface area contributed by atoms with Crippen molar-refractivity contribution in [1.29, 1.82) is 0 Å². The van der Waals surface area contributed by atoms with Gasteiger partial charge in [0.25, 0.3) is 0 Å². The van der Waals surface area contributed by atoms with Crippen LogP contribution in [0.2, 0.25) is 0 Å². The minimum atomic E-state index is -0.452. The lowest BCUT2D eigenvalue weighted by molar-refractivity contribution is -0.164. The maximum absolute atomic E-state index is 12.5. The molecule has 0 aromatic heterocycles. The van der Waals surface area contributed by atoms with Crippen LogP contribution >= 0.6 is 11.8 Å². The number of rotatable bonds is 2. The molecule has 0 bridgehead atoms. The second-order valence-corrected chi connectivity index (χ2v) is 6.88. The summed E-state index contributed by atoms with van der Waals surface area (Å²) in [4.78, 5) is 14.9. The highest BCUT2D eigenvalue weighted by Crippen LogP contribution is 2.46. The summed E-state index contributed by atoms with van der Waals surface area (Å²) in [6.07, 6.45) is 1.07. The summed E-state index contributed by atoms with van der Waals surface area (Å²) in [6, 6.07) is 0. The van der Waals surface area contributed by atoms with E-state index in [1.807, 2.05) is 11.8 Å². The number of hydrogen-bond acceptors (Lipinski definition) is 5. The molecule has 0 spiro atoms. The molecule has 2 heterocycles. The first-order valence-corrected chi connectivity index (χ1v) is 7.82. The van der Waals surface area contributed by atoms with Crippen molar-refractivity contribution in [2.45, 2.75) is 25.8 Å². The summed E-state index contributed by atoms with van der Waals surface area (Å²) in [5.74, 6) is 1.94. The van der Waals surface area contributed by atoms with E-state index in [0.29, 0.717) is 0 Å². The molecule has 2 rings (SSSR count). The molecule has 0 saturated carbocycles. The number of methoxy groups -OCH3 is 1. The van der Waals surface area contributed by atoms with Crippen LogP contribution in [0.5, 0.6) is 0 Å². The van der Waals surface area contributed by atoms with Crippen LogP contribution in [0.4, 0.5) is 0 Å². The molecular formula is C13H24N2O2S. The van der Waals surface area contributed by atoms with E-state index in [9.17, 15) is 4.79 Å². The molecule has 18 heavy (non-hydrogen) atoms. The molecular weight excluding hydrogens is 248 g/mol. The van der Waals surface area contributed by atoms with E-state index in [4.69, 9.17) is 4.74 Å². The normalized spacial score (nSPS) is 33.1. The summed E-state index contributed by atoms with van der Waals surface area (Å²) in [6.45, 7) is 8.20. The number of carbonyl (C=O) groups excluding carboxylic acids is 1. The van der Waals surface area contributed by atoms with Gasteiger partial charge in [0.15, 0.2) is 0 Å². The Bertz CT molecular complexity index is 316. The third-order valence-electron chi connectivity index (χ3n) is 4.48. The van der Waals surface area contributed by atoms with Crippen LogP contribution in [0.1, 0.15) is 20.3 Å². The lowest BCUT2D eigenvalue weighted by atomic mass is 9.69. The largest absolute Gasteiger partial charge is 0.468 e. The fourth-order valence-electron chi connectivity index (χ4n) is 3.15. The highest BCUT2D eigenvalue weighted by Gasteiger charge is 2.57. The smallest absolute Gasteiger partial charge is 0.327 e. The van der Waals surface area contributed by atoms with Crippen LogP contribution in [0.15, 0.2) is 0 Å². The minimum Gasteiger partial charge on any atom is -0.468 e. The Kier molecular flexibility index (Phi) is 4.24. The number of esters is 1. The van der Waals surface area contributed by atoms with Gasteiger partial charge in [-0.2, -0.15) is 11.8 Å². The molecule has 2 fully saturated rings. The molecule has 0 radical (unpaired) electrons. The molecule has 0 aliphatic carbocycles. The zero-order chi connectivity index (χ0) is 13.2. The Hall–Kier alpha value is -0.260. The third-order valence-corrected chi connectivity index (χ3v) is 5.60. The van der Waals surface area contributed by atoms with E-state index in [1.165, 1.54) is 7.11 Å². The first-order valence-electron chi connectivity index (χ1n) is 6.66. The monoisotopic (exact) mass is 272 g/mol. The van der Waals surface area contributed by atoms with Gasteiger partial charge in [-0.05, 0) is 17.6 Å². The van der Waals surface area contributed by atoms with E-state index in [2.05, 4.69) is 24.1 Å². The lowest BCUT2D eigenvalue weighted by Crippen LogP contribution is -2.69. The molecule has 0 aromatic rings. The second kappa shape index (κ2) is 5.39. The van der Waals surface area contributed by atoms with Gasteiger partial charge in [-0.15, -0.1) is 0 Å². The predicted octanol–water partition coefficient (Wildman–Crippen LogP) is 0.966. The SMILES string of the molecule is COC(=O)C1(N2CCNCC2)CSCCC1(C)C. The summed E-state index contributed by atoms with van der Waals surface area (Å²) >= 11 is 1.88. The summed E-state index contributed by atoms with van der Waals surface area (Å²) in [5, 5.41) is 3.35. The van der Waals surface area contributed by atoms with Crippen molar-refractivity contribution in [3.63, 3.8) is 0 Å². The number of piperazine rings is 1. The van der Waals surface area contributed by atoms with E-state index in [0.717, 1.165) is 44.1 Å². The zero-order valence-corrected chi connectivity index (χ0v) is 12.4. The van der Waals surface area contributed by atoms with E-state index in [-0.39, 0.29) is 11.4 Å². The first kappa shape index (κ1) is 14.2. The fraction of sp³-hybridized carbons (Fsp3) is 0.923. The standard InChI is InChI=1S/C13H24N2O2S/c1-12(2)4-9-18-10-13(12,11(16)17-3)15-7-5-14-6-8-15/h14H,4-10H2,1-3H3. The molecule has 1 atom stereocenters. The van der Waals surface area contributed by atoms with Gasteiger partial charge in [0.1, 0.15) is 5.54 Å². The summed E-state index contributed by atoms with van der Waals surface area (Å²) < 4.78 is 5.17. The number of hydrogen-bond donors (Lipinski definition) is 1. The molecule has 5 heteroatoms. The molecule has 0 aromatic carbocycles. The second-order valence-electron chi connectivity index (χ2n) is 5.78. The van der Waals surface area contributed by atoms with E-state index < -0.39 is 5.54 Å². The summed E-state index contributed by atoms with van der Waals surface area (Å²) in [7, 11) is 1.52. The van der Waals surface area contributed by atoms with Gasteiger partial charge in [0.05, 0.1) is 7.11 Å². The predicted molar refractivity (Wildman–Crippen MR) is 74.9 cm³/mol. The molecule has 2 aliphatic heterocycles. The maximum atomic E-state index is 12.5. The quantitative estimate of drug-likeness (QED) is 0.759. The van der Waals surface area contributed by atoms with Gasteiger partial charge in [0, 0.05) is 31.9 Å². The number of nitrogens with one attached hydrogen (secondary N) is 1. The maximum Gasteiger partial charge on any atom is 0.327 e. The molecule has 0 amide bonds. The summed E-state index contributed by atoms with van der Waals surface area (Å²) in [5.41, 5.74) is -0.477. The Morgan fingerprint density at radius 1 is 1.33 bits per heavy atom. The molecule has 2 aliphatic rings. The van der Waals surface area contributed by atoms with Crippen LogP contribution in [-0.4, -0.2) is 61.2 Å². The Labute approximate surface area is 114 Å². The number of carbonyl (C=O) groups is 1. The topological polar surface area (TPSA) is 41.6 Å². The molecule has 1 unspecified atom stereocenters. The number of thioether (sulfide) groups is 1. The fourth-order valence-corrected chi connectivity index (χ4v) is 4.93. The van der Waals surface area contributed by atoms with Crippen molar-refractivity contribution in [3.05, 3.63) is 0 Å². The van der Waals surface area contributed by atoms with Gasteiger partial charge in [-0.25, -0.2) is 4.79 Å².